The molecule has 0 saturated carbocycles. The molecule has 0 bridgehead atoms. The molecule has 2 aliphatic rings. The second-order valence-corrected chi connectivity index (χ2v) is 7.31. The zero-order valence-corrected chi connectivity index (χ0v) is 14.1. The molecule has 0 spiro atoms. The van der Waals surface area contributed by atoms with Gasteiger partial charge in [-0.3, -0.25) is 9.59 Å². The summed E-state index contributed by atoms with van der Waals surface area (Å²) in [6.45, 7) is 7.40. The van der Waals surface area contributed by atoms with E-state index in [0.29, 0.717) is 18.3 Å². The Labute approximate surface area is 131 Å². The van der Waals surface area contributed by atoms with Gasteiger partial charge in [-0.05, 0) is 32.2 Å². The van der Waals surface area contributed by atoms with Gasteiger partial charge in [-0.1, -0.05) is 13.8 Å². The largest absolute Gasteiger partial charge is 0.338 e. The molecule has 2 rings (SSSR count). The summed E-state index contributed by atoms with van der Waals surface area (Å²) in [5, 5.41) is 0. The van der Waals surface area contributed by atoms with Crippen LogP contribution in [0.2, 0.25) is 0 Å². The van der Waals surface area contributed by atoms with Crippen molar-refractivity contribution in [3.8, 4) is 0 Å². The fourth-order valence-corrected chi connectivity index (χ4v) is 4.29. The molecule has 0 aromatic heterocycles. The quantitative estimate of drug-likeness (QED) is 0.845. The first-order valence-electron chi connectivity index (χ1n) is 7.88. The minimum Gasteiger partial charge on any atom is -0.338 e. The highest BCUT2D eigenvalue weighted by Crippen LogP contribution is 2.29. The molecule has 0 radical (unpaired) electrons. The highest BCUT2D eigenvalue weighted by molar-refractivity contribution is 7.99. The number of likely N-dealkylation sites (tertiary alicyclic amines) is 1. The van der Waals surface area contributed by atoms with E-state index in [0.717, 1.165) is 25.1 Å². The van der Waals surface area contributed by atoms with Crippen LogP contribution in [0.4, 0.5) is 0 Å². The molecule has 2 aliphatic heterocycles. The Hall–Kier alpha value is -0.750. The molecule has 2 heterocycles. The van der Waals surface area contributed by atoms with Gasteiger partial charge in [0.1, 0.15) is 6.04 Å². The van der Waals surface area contributed by atoms with Gasteiger partial charge in [0, 0.05) is 24.3 Å². The Morgan fingerprint density at radius 3 is 2.67 bits per heavy atom. The van der Waals surface area contributed by atoms with E-state index in [-0.39, 0.29) is 29.8 Å². The number of nitrogens with zero attached hydrogens (tertiary/aromatic N) is 2. The zero-order valence-electron chi connectivity index (χ0n) is 13.2. The molecule has 0 aromatic carbocycles. The summed E-state index contributed by atoms with van der Waals surface area (Å²) >= 11 is 1.67. The summed E-state index contributed by atoms with van der Waals surface area (Å²) in [6.07, 6.45) is 1.79. The van der Waals surface area contributed by atoms with Crippen molar-refractivity contribution in [2.45, 2.75) is 45.7 Å². The number of thioether (sulfide) groups is 1. The highest BCUT2D eigenvalue weighted by atomic mass is 32.2. The molecule has 2 fully saturated rings. The van der Waals surface area contributed by atoms with Crippen LogP contribution in [0.5, 0.6) is 0 Å². The first kappa shape index (κ1) is 16.6. The first-order chi connectivity index (χ1) is 9.99. The molecule has 0 aliphatic carbocycles. The van der Waals surface area contributed by atoms with Gasteiger partial charge in [-0.2, -0.15) is 0 Å². The minimum atomic E-state index is -0.282. The fraction of sp³-hybridized carbons (Fsp3) is 0.867. The summed E-state index contributed by atoms with van der Waals surface area (Å²) in [7, 11) is 0. The van der Waals surface area contributed by atoms with Gasteiger partial charge in [0.15, 0.2) is 0 Å². The lowest BCUT2D eigenvalue weighted by Gasteiger charge is -2.31. The molecule has 0 aromatic rings. The summed E-state index contributed by atoms with van der Waals surface area (Å²) in [6, 6.07) is -0.0484. The summed E-state index contributed by atoms with van der Waals surface area (Å²) in [5.74, 6) is 1.98. The Kier molecular flexibility index (Phi) is 5.54. The smallest absolute Gasteiger partial charge is 0.246 e. The Balaban J connectivity index is 2.06. The summed E-state index contributed by atoms with van der Waals surface area (Å²) in [4.78, 5) is 29.0. The van der Waals surface area contributed by atoms with Gasteiger partial charge in [-0.15, -0.1) is 11.8 Å². The number of hydrogen-bond donors (Lipinski definition) is 1. The predicted molar refractivity (Wildman–Crippen MR) is 85.8 cm³/mol. The van der Waals surface area contributed by atoms with Gasteiger partial charge < -0.3 is 15.5 Å². The maximum atomic E-state index is 12.8. The maximum Gasteiger partial charge on any atom is 0.246 e. The third kappa shape index (κ3) is 3.37. The van der Waals surface area contributed by atoms with Gasteiger partial charge >= 0.3 is 0 Å². The number of rotatable bonds is 4. The zero-order chi connectivity index (χ0) is 15.6. The van der Waals surface area contributed by atoms with E-state index in [4.69, 9.17) is 5.73 Å². The second-order valence-electron chi connectivity index (χ2n) is 6.31. The number of nitrogens with two attached hydrogens (primary N) is 1. The molecular formula is C15H27N3O2S. The number of carbonyl (C=O) groups is 2. The molecule has 120 valence electrons. The van der Waals surface area contributed by atoms with Crippen molar-refractivity contribution in [3.63, 3.8) is 0 Å². The van der Waals surface area contributed by atoms with E-state index in [1.807, 2.05) is 18.7 Å². The van der Waals surface area contributed by atoms with E-state index in [2.05, 4.69) is 6.92 Å². The molecule has 2 N–H and O–H groups in total. The van der Waals surface area contributed by atoms with Crippen LogP contribution in [-0.4, -0.2) is 58.4 Å². The van der Waals surface area contributed by atoms with Crippen molar-refractivity contribution in [1.29, 1.82) is 0 Å². The monoisotopic (exact) mass is 313 g/mol. The minimum absolute atomic E-state index is 0.00760. The Morgan fingerprint density at radius 1 is 1.38 bits per heavy atom. The van der Waals surface area contributed by atoms with Crippen LogP contribution in [0.25, 0.3) is 0 Å². The van der Waals surface area contributed by atoms with Crippen molar-refractivity contribution in [3.05, 3.63) is 0 Å². The van der Waals surface area contributed by atoms with Gasteiger partial charge in [0.25, 0.3) is 0 Å². The van der Waals surface area contributed by atoms with Crippen molar-refractivity contribution >= 4 is 23.6 Å². The summed E-state index contributed by atoms with van der Waals surface area (Å²) < 4.78 is 0. The van der Waals surface area contributed by atoms with Crippen molar-refractivity contribution in [2.75, 3.05) is 24.7 Å². The van der Waals surface area contributed by atoms with Crippen LogP contribution in [-0.2, 0) is 9.59 Å². The lowest BCUT2D eigenvalue weighted by atomic mass is 10.1. The Morgan fingerprint density at radius 2 is 2.10 bits per heavy atom. The SMILES string of the molecule is CCC(C)C(=O)N1CSCC1C(=O)N1CC(CN)CC1C. The normalized spacial score (nSPS) is 30.8. The predicted octanol–water partition coefficient (Wildman–Crippen LogP) is 1.13. The van der Waals surface area contributed by atoms with Crippen LogP contribution < -0.4 is 5.73 Å². The molecule has 5 nitrogen and oxygen atoms in total. The van der Waals surface area contributed by atoms with Crippen molar-refractivity contribution in [2.24, 2.45) is 17.6 Å². The standard InChI is InChI=1S/C15H27N3O2S/c1-4-10(2)14(19)18-9-21-8-13(18)15(20)17-7-12(6-16)5-11(17)3/h10-13H,4-9,16H2,1-3H3. The molecule has 2 saturated heterocycles. The topological polar surface area (TPSA) is 66.6 Å². The number of amides is 2. The van der Waals surface area contributed by atoms with Crippen molar-refractivity contribution in [1.82, 2.24) is 9.80 Å². The second kappa shape index (κ2) is 7.01. The van der Waals surface area contributed by atoms with Crippen LogP contribution >= 0.6 is 11.8 Å². The van der Waals surface area contributed by atoms with E-state index in [1.54, 1.807) is 16.7 Å². The third-order valence-electron chi connectivity index (χ3n) is 4.76. The molecular weight excluding hydrogens is 286 g/mol. The number of hydrogen-bond acceptors (Lipinski definition) is 4. The van der Waals surface area contributed by atoms with E-state index < -0.39 is 0 Å². The Bertz CT molecular complexity index is 404. The summed E-state index contributed by atoms with van der Waals surface area (Å²) in [5.41, 5.74) is 5.74. The fourth-order valence-electron chi connectivity index (χ4n) is 3.13. The van der Waals surface area contributed by atoms with Crippen LogP contribution in [0.3, 0.4) is 0 Å². The third-order valence-corrected chi connectivity index (χ3v) is 5.77. The highest BCUT2D eigenvalue weighted by Gasteiger charge is 2.41. The van der Waals surface area contributed by atoms with E-state index >= 15 is 0 Å². The molecule has 21 heavy (non-hydrogen) atoms. The van der Waals surface area contributed by atoms with Crippen LogP contribution in [0, 0.1) is 11.8 Å². The van der Waals surface area contributed by atoms with E-state index in [9.17, 15) is 9.59 Å². The molecule has 4 unspecified atom stereocenters. The number of carbonyl (C=O) groups excluding carboxylic acids is 2. The molecule has 2 amide bonds. The average molecular weight is 313 g/mol. The first-order valence-corrected chi connectivity index (χ1v) is 9.03. The lowest BCUT2D eigenvalue weighted by Crippen LogP contribution is -2.51. The van der Waals surface area contributed by atoms with Gasteiger partial charge in [-0.25, -0.2) is 0 Å². The van der Waals surface area contributed by atoms with Crippen molar-refractivity contribution < 1.29 is 9.59 Å². The lowest BCUT2D eigenvalue weighted by molar-refractivity contribution is -0.145. The van der Waals surface area contributed by atoms with E-state index in [1.165, 1.54) is 0 Å². The average Bonchev–Trinajstić information content (AvgIpc) is 3.11. The van der Waals surface area contributed by atoms with Crippen LogP contribution in [0.1, 0.15) is 33.6 Å². The molecule has 6 heteroatoms. The van der Waals surface area contributed by atoms with Gasteiger partial charge in [0.2, 0.25) is 11.8 Å². The maximum absolute atomic E-state index is 12.8. The molecule has 4 atom stereocenters. The van der Waals surface area contributed by atoms with Crippen LogP contribution in [0.15, 0.2) is 0 Å². The van der Waals surface area contributed by atoms with Gasteiger partial charge in [0.05, 0.1) is 5.88 Å².